The lowest BCUT2D eigenvalue weighted by Crippen LogP contribution is -2.15. The molecule has 3 aliphatic heterocycles. The van der Waals surface area contributed by atoms with Crippen LogP contribution in [0.4, 0.5) is 51.2 Å². The van der Waals surface area contributed by atoms with Gasteiger partial charge in [-0.15, -0.1) is 5.10 Å². The molecule has 9 nitrogen and oxygen atoms in total. The largest absolute Gasteiger partial charge is 0.453 e. The predicted octanol–water partition coefficient (Wildman–Crippen LogP) is 15.3. The zero-order valence-electron chi connectivity index (χ0n) is 34.7. The van der Waals surface area contributed by atoms with E-state index in [0.29, 0.717) is 11.6 Å². The molecule has 0 saturated heterocycles. The molecule has 0 N–H and O–H groups in total. The Morgan fingerprint density at radius 1 is 0.277 bits per heavy atom. The summed E-state index contributed by atoms with van der Waals surface area (Å²) in [6, 6.07) is 74.1. The molecule has 9 aromatic carbocycles. The number of rotatable bonds is 6. The maximum Gasteiger partial charge on any atom is 0.182 e. The van der Waals surface area contributed by atoms with Crippen LogP contribution in [0.1, 0.15) is 0 Å². The smallest absolute Gasteiger partial charge is 0.182 e. The number of anilines is 9. The van der Waals surface area contributed by atoms with E-state index in [0.717, 1.165) is 102 Å². The van der Waals surface area contributed by atoms with E-state index in [1.54, 1.807) is 0 Å². The molecule has 9 heteroatoms. The fraction of sp³-hybridized carbons (Fsp3) is 0. The highest BCUT2D eigenvalue weighted by Gasteiger charge is 2.29. The quantitative estimate of drug-likeness (QED) is 0.164. The molecule has 1 aromatic heterocycles. The molecule has 10 aromatic rings. The first-order valence-corrected chi connectivity index (χ1v) is 21.5. The van der Waals surface area contributed by atoms with Gasteiger partial charge >= 0.3 is 0 Å². The third-order valence-electron chi connectivity index (χ3n) is 12.0. The van der Waals surface area contributed by atoms with Gasteiger partial charge in [-0.3, -0.25) is 0 Å². The number of hydrogen-bond acceptors (Lipinski definition) is 8. The minimum atomic E-state index is 0.606. The molecule has 0 fully saturated rings. The monoisotopic (exact) mass is 840 g/mol. The van der Waals surface area contributed by atoms with Crippen LogP contribution < -0.4 is 28.9 Å². The first kappa shape index (κ1) is 36.6. The summed E-state index contributed by atoms with van der Waals surface area (Å²) >= 11 is 0. The lowest BCUT2D eigenvalue weighted by Gasteiger charge is -2.32. The minimum Gasteiger partial charge on any atom is -0.453 e. The van der Waals surface area contributed by atoms with E-state index in [-0.39, 0.29) is 0 Å². The highest BCUT2D eigenvalue weighted by molar-refractivity contribution is 5.89. The number of para-hydroxylation sites is 12. The number of benzene rings is 9. The standard InChI is InChI=1S/C56H36N6O3/c1-7-19-49-43(13-1)59(44-14-2-8-20-50(44)63-49)39-29-25-37(26-30-39)55-57-56(38-27-31-40(32-28-38)60-45-15-3-9-21-51(45)64-52-22-10-4-16-46(52)60)62(58-55)42-35-33-41(34-36-42)61-47-17-5-11-23-53(47)65-54-24-12-6-18-48(54)61/h1-36H. The molecule has 0 unspecified atom stereocenters. The number of ether oxygens (including phenoxy) is 3. The Morgan fingerprint density at radius 2 is 0.554 bits per heavy atom. The summed E-state index contributed by atoms with van der Waals surface area (Å²) in [4.78, 5) is 12.0. The molecular formula is C56H36N6O3. The average molecular weight is 841 g/mol. The fourth-order valence-electron chi connectivity index (χ4n) is 9.01. The topological polar surface area (TPSA) is 68.1 Å². The first-order valence-electron chi connectivity index (χ1n) is 21.5. The van der Waals surface area contributed by atoms with Gasteiger partial charge in [0.1, 0.15) is 0 Å². The van der Waals surface area contributed by atoms with Crippen molar-refractivity contribution in [2.75, 3.05) is 14.7 Å². The van der Waals surface area contributed by atoms with Crippen LogP contribution in [0.5, 0.6) is 34.5 Å². The minimum absolute atomic E-state index is 0.606. The predicted molar refractivity (Wildman–Crippen MR) is 257 cm³/mol. The maximum absolute atomic E-state index is 6.31. The molecule has 4 heterocycles. The van der Waals surface area contributed by atoms with Crippen molar-refractivity contribution in [3.05, 3.63) is 218 Å². The summed E-state index contributed by atoms with van der Waals surface area (Å²) in [7, 11) is 0. The third-order valence-corrected chi connectivity index (χ3v) is 12.0. The van der Waals surface area contributed by atoms with Crippen molar-refractivity contribution < 1.29 is 14.2 Å². The van der Waals surface area contributed by atoms with Crippen LogP contribution in [0.15, 0.2) is 218 Å². The van der Waals surface area contributed by atoms with E-state index in [1.807, 2.05) is 114 Å². The van der Waals surface area contributed by atoms with Crippen molar-refractivity contribution in [2.45, 2.75) is 0 Å². The normalized spacial score (nSPS) is 12.9. The molecule has 308 valence electrons. The lowest BCUT2D eigenvalue weighted by atomic mass is 10.1. The highest BCUT2D eigenvalue weighted by Crippen LogP contribution is 2.53. The van der Waals surface area contributed by atoms with Crippen molar-refractivity contribution in [2.24, 2.45) is 0 Å². The van der Waals surface area contributed by atoms with Gasteiger partial charge in [-0.05, 0) is 146 Å². The number of hydrogen-bond donors (Lipinski definition) is 0. The van der Waals surface area contributed by atoms with Crippen molar-refractivity contribution in [3.8, 4) is 63.0 Å². The van der Waals surface area contributed by atoms with Crippen molar-refractivity contribution in [1.29, 1.82) is 0 Å². The average Bonchev–Trinajstić information content (AvgIpc) is 3.82. The van der Waals surface area contributed by atoms with E-state index < -0.39 is 0 Å². The SMILES string of the molecule is c1ccc2c(c1)Oc1ccccc1N2c1ccc(-c2nc(-c3ccc(N4c5ccccc5Oc5ccccc54)cc3)n(-c3ccc(N4c5ccccc5Oc5ccccc54)cc3)n2)cc1. The van der Waals surface area contributed by atoms with Gasteiger partial charge < -0.3 is 28.9 Å². The Balaban J connectivity index is 0.902. The molecule has 0 radical (unpaired) electrons. The van der Waals surface area contributed by atoms with Gasteiger partial charge in [0.2, 0.25) is 0 Å². The maximum atomic E-state index is 6.31. The highest BCUT2D eigenvalue weighted by atomic mass is 16.5. The van der Waals surface area contributed by atoms with E-state index in [4.69, 9.17) is 24.3 Å². The van der Waals surface area contributed by atoms with Crippen molar-refractivity contribution in [1.82, 2.24) is 14.8 Å². The second-order valence-corrected chi connectivity index (χ2v) is 15.9. The number of aromatic nitrogens is 3. The van der Waals surface area contributed by atoms with Crippen LogP contribution in [0.2, 0.25) is 0 Å². The Kier molecular flexibility index (Phi) is 8.32. The first-order chi connectivity index (χ1) is 32.2. The molecule has 0 aliphatic carbocycles. The summed E-state index contributed by atoms with van der Waals surface area (Å²) in [5.41, 5.74) is 11.5. The van der Waals surface area contributed by atoms with E-state index in [1.165, 1.54) is 0 Å². The molecule has 65 heavy (non-hydrogen) atoms. The third kappa shape index (κ3) is 6.09. The summed E-state index contributed by atoms with van der Waals surface area (Å²) < 4.78 is 20.8. The molecular weight excluding hydrogens is 805 g/mol. The molecule has 0 amide bonds. The zero-order chi connectivity index (χ0) is 42.8. The number of nitrogens with zero attached hydrogens (tertiary/aromatic N) is 6. The Bertz CT molecular complexity index is 3150. The van der Waals surface area contributed by atoms with Gasteiger partial charge in [-0.25, -0.2) is 9.67 Å². The van der Waals surface area contributed by atoms with Gasteiger partial charge in [0.15, 0.2) is 46.1 Å². The van der Waals surface area contributed by atoms with Crippen LogP contribution in [-0.4, -0.2) is 14.8 Å². The Labute approximate surface area is 374 Å². The summed E-state index contributed by atoms with van der Waals surface area (Å²) in [6.07, 6.45) is 0. The van der Waals surface area contributed by atoms with Gasteiger partial charge in [0.05, 0.1) is 39.8 Å². The molecule has 0 saturated carbocycles. The zero-order valence-corrected chi connectivity index (χ0v) is 34.7. The number of fused-ring (bicyclic) bond motifs is 6. The van der Waals surface area contributed by atoms with Gasteiger partial charge in [0.25, 0.3) is 0 Å². The van der Waals surface area contributed by atoms with Crippen molar-refractivity contribution >= 4 is 51.2 Å². The van der Waals surface area contributed by atoms with E-state index >= 15 is 0 Å². The molecule has 3 aliphatic rings. The van der Waals surface area contributed by atoms with Crippen LogP contribution in [0.3, 0.4) is 0 Å². The summed E-state index contributed by atoms with van der Waals surface area (Å²) in [6.45, 7) is 0. The fourth-order valence-corrected chi connectivity index (χ4v) is 9.01. The molecule has 0 spiro atoms. The van der Waals surface area contributed by atoms with E-state index in [9.17, 15) is 0 Å². The molecule has 0 atom stereocenters. The van der Waals surface area contributed by atoms with Crippen LogP contribution in [0.25, 0.3) is 28.5 Å². The summed E-state index contributed by atoms with van der Waals surface area (Å²) in [5, 5.41) is 5.24. The van der Waals surface area contributed by atoms with Crippen LogP contribution in [0, 0.1) is 0 Å². The molecule has 0 bridgehead atoms. The molecule has 13 rings (SSSR count). The van der Waals surface area contributed by atoms with Gasteiger partial charge in [-0.1, -0.05) is 72.8 Å². The van der Waals surface area contributed by atoms with Gasteiger partial charge in [-0.2, -0.15) is 0 Å². The summed E-state index contributed by atoms with van der Waals surface area (Å²) in [5.74, 6) is 6.15. The lowest BCUT2D eigenvalue weighted by molar-refractivity contribution is 0.477. The Morgan fingerprint density at radius 3 is 0.892 bits per heavy atom. The van der Waals surface area contributed by atoms with Crippen LogP contribution >= 0.6 is 0 Å². The van der Waals surface area contributed by atoms with E-state index in [2.05, 4.69) is 124 Å². The Hall–Kier alpha value is -9.08. The second kappa shape index (κ2) is 14.8. The van der Waals surface area contributed by atoms with Gasteiger partial charge in [0, 0.05) is 28.2 Å². The second-order valence-electron chi connectivity index (χ2n) is 15.9. The van der Waals surface area contributed by atoms with Crippen molar-refractivity contribution in [3.63, 3.8) is 0 Å². The van der Waals surface area contributed by atoms with Crippen LogP contribution in [-0.2, 0) is 0 Å².